The summed E-state index contributed by atoms with van der Waals surface area (Å²) in [7, 11) is 0. The molecule has 1 aliphatic rings. The number of aromatic nitrogens is 4. The second-order valence-electron chi connectivity index (χ2n) is 25.7. The highest BCUT2D eigenvalue weighted by Gasteiger charge is 2.40. The maximum Gasteiger partial charge on any atom is 0.312 e. The van der Waals surface area contributed by atoms with Crippen molar-refractivity contribution >= 4 is 104 Å². The van der Waals surface area contributed by atoms with Crippen LogP contribution in [0.1, 0.15) is 66.1 Å². The number of primary amides is 2. The lowest BCUT2D eigenvalue weighted by Gasteiger charge is -2.30. The number of fused-ring (bicyclic) bond motifs is 2. The summed E-state index contributed by atoms with van der Waals surface area (Å²) < 4.78 is 0. The molecule has 1 fully saturated rings. The van der Waals surface area contributed by atoms with Gasteiger partial charge in [0.2, 0.25) is 65.0 Å². The van der Waals surface area contributed by atoms with Crippen LogP contribution in [0.4, 0.5) is 4.79 Å². The maximum absolute atomic E-state index is 15.1. The molecule has 5 aromatic carbocycles. The summed E-state index contributed by atoms with van der Waals surface area (Å²) in [5, 5.41) is 50.4. The molecule has 18 N–H and O–H groups in total. The quantitative estimate of drug-likeness (QED) is 0.0238. The molecule has 0 aliphatic carbocycles. The first-order valence-corrected chi connectivity index (χ1v) is 34.7. The summed E-state index contributed by atoms with van der Waals surface area (Å²) in [6.45, 7) is -0.333. The average molecular weight is 1470 g/mol. The lowest BCUT2D eigenvalue weighted by Crippen LogP contribution is -2.62. The number of likely N-dealkylation sites (tertiary alicyclic amines) is 1. The molecule has 32 heteroatoms. The second kappa shape index (κ2) is 37.8. The molecule has 1 saturated heterocycles. The van der Waals surface area contributed by atoms with Crippen LogP contribution < -0.4 is 64.6 Å². The van der Waals surface area contributed by atoms with E-state index >= 15 is 9.59 Å². The van der Waals surface area contributed by atoms with E-state index in [0.717, 1.165) is 10.8 Å². The minimum atomic E-state index is -1.85. The zero-order valence-corrected chi connectivity index (χ0v) is 58.5. The number of carbonyl (C=O) groups excluding carboxylic acids is 12. The molecule has 31 nitrogen and oxygen atoms in total. The van der Waals surface area contributed by atoms with Crippen LogP contribution in [0.25, 0.3) is 21.7 Å². The van der Waals surface area contributed by atoms with Crippen LogP contribution in [0.15, 0.2) is 159 Å². The lowest BCUT2D eigenvalue weighted by molar-refractivity contribution is -0.142. The van der Waals surface area contributed by atoms with Crippen molar-refractivity contribution in [2.45, 2.75) is 126 Å². The average Bonchev–Trinajstić information content (AvgIpc) is 1.56. The van der Waals surface area contributed by atoms with E-state index < -0.39 is 139 Å². The number of urea groups is 1. The van der Waals surface area contributed by atoms with E-state index in [0.29, 0.717) is 50.2 Å². The summed E-state index contributed by atoms with van der Waals surface area (Å²) in [5.74, 6) is -9.38. The standard InChI is InChI=1S/C74H84ClN17O14/c1-42(94)84-56(32-45-16-21-47-10-2-3-11-48(47)29-45)66(98)86-57(30-43-17-22-50(75)23-18-43)67(99)87-58(33-46-9-6-26-78-36-46)68(100)91-62(40-93)71(103)89-60(35-51-38-79-41-83-51)70(102)85-55(14-7-27-80-74(77)106)65(97)88-59(34-49-37-81-54-13-5-4-12-53(49)54)69(101)90-61(31-44-19-24-52(95)25-20-44)73(105)92-28-8-15-63(92)72(104)82-39-64(76)96/h2-6,9-13,16-26,29,36-38,41,55-63,81,93,95H,7-8,14-15,27-28,30-35,39-40H2,1H3,(H2,76,96)(H,79,83)(H,82,104)(H,84,94)(H,85,102)(H,86,98)(H,87,99)(H,88,97)(H,89,103)(H,90,101)(H,91,100)(H3,77,80,106)/t55-,56-,57-,58-,59+,60+,61+,62+,63+/m1/s1. The zero-order valence-electron chi connectivity index (χ0n) is 57.8. The van der Waals surface area contributed by atoms with Gasteiger partial charge in [-0.05, 0) is 101 Å². The number of aromatic amines is 2. The molecular weight excluding hydrogens is 1390 g/mol. The number of benzene rings is 5. The number of rotatable bonds is 36. The molecule has 106 heavy (non-hydrogen) atoms. The second-order valence-corrected chi connectivity index (χ2v) is 26.1. The fourth-order valence-corrected chi connectivity index (χ4v) is 12.5. The van der Waals surface area contributed by atoms with E-state index in [4.69, 9.17) is 23.1 Å². The Labute approximate surface area is 613 Å². The number of nitrogens with zero attached hydrogens (tertiary/aromatic N) is 3. The molecule has 0 bridgehead atoms. The van der Waals surface area contributed by atoms with Gasteiger partial charge >= 0.3 is 6.03 Å². The van der Waals surface area contributed by atoms with Crippen molar-refractivity contribution < 1.29 is 67.7 Å². The predicted octanol–water partition coefficient (Wildman–Crippen LogP) is 0.486. The Morgan fingerprint density at radius 2 is 1.10 bits per heavy atom. The number of hydrogen-bond donors (Lipinski definition) is 16. The van der Waals surface area contributed by atoms with E-state index in [9.17, 15) is 58.2 Å². The molecule has 0 unspecified atom stereocenters. The highest BCUT2D eigenvalue weighted by Crippen LogP contribution is 2.24. The van der Waals surface area contributed by atoms with Crippen LogP contribution >= 0.6 is 11.6 Å². The van der Waals surface area contributed by atoms with Gasteiger partial charge < -0.3 is 89.7 Å². The number of imidazole rings is 1. The van der Waals surface area contributed by atoms with Crippen LogP contribution in [0.5, 0.6) is 5.75 Å². The van der Waals surface area contributed by atoms with Crippen molar-refractivity contribution in [3.05, 3.63) is 197 Å². The summed E-state index contributed by atoms with van der Waals surface area (Å²) >= 11 is 6.24. The summed E-state index contributed by atoms with van der Waals surface area (Å²) in [6, 6.07) is 21.7. The maximum atomic E-state index is 15.1. The molecule has 8 aromatic rings. The summed E-state index contributed by atoms with van der Waals surface area (Å²) in [4.78, 5) is 184. The first-order valence-electron chi connectivity index (χ1n) is 34.3. The Morgan fingerprint density at radius 3 is 1.73 bits per heavy atom. The Bertz CT molecular complexity index is 4430. The van der Waals surface area contributed by atoms with Crippen molar-refractivity contribution in [2.75, 3.05) is 26.2 Å². The molecule has 1 aliphatic heterocycles. The SMILES string of the molecule is CC(=O)N[C@H](Cc1ccc2ccccc2c1)C(=O)N[C@H](Cc1ccc(Cl)cc1)C(=O)N[C@H](Cc1cccnc1)C(=O)N[C@@H](CO)C(=O)N[C@@H](Cc1cnc[nH]1)C(=O)N[C@H](CCCNC(N)=O)C(=O)N[C@@H](Cc1c[nH]c2ccccc12)C(=O)N[C@@H](Cc1ccc(O)cc1)C(=O)N1CCC[C@H]1C(=O)NCC(N)=O. The number of carbonyl (C=O) groups is 12. The smallest absolute Gasteiger partial charge is 0.312 e. The van der Waals surface area contributed by atoms with Crippen molar-refractivity contribution in [3.63, 3.8) is 0 Å². The number of hydrogen-bond acceptors (Lipinski definition) is 16. The molecule has 0 saturated carbocycles. The largest absolute Gasteiger partial charge is 0.508 e. The Morgan fingerprint density at radius 1 is 0.557 bits per heavy atom. The molecule has 0 spiro atoms. The number of H-pyrrole nitrogens is 2. The van der Waals surface area contributed by atoms with Gasteiger partial charge in [0.1, 0.15) is 60.1 Å². The third-order valence-electron chi connectivity index (χ3n) is 17.8. The topological polar surface area (TPSA) is 478 Å². The fraction of sp³-hybridized carbons (Fsp3) is 0.324. The number of aliphatic hydroxyl groups excluding tert-OH is 1. The molecule has 556 valence electrons. The number of aromatic hydroxyl groups is 1. The lowest BCUT2D eigenvalue weighted by atomic mass is 9.99. The summed E-state index contributed by atoms with van der Waals surface area (Å²) in [6.07, 6.45) is 6.44. The van der Waals surface area contributed by atoms with Gasteiger partial charge in [0.25, 0.3) is 0 Å². The Hall–Kier alpha value is -12.3. The van der Waals surface area contributed by atoms with Gasteiger partial charge in [0.15, 0.2) is 0 Å². The van der Waals surface area contributed by atoms with Gasteiger partial charge in [0, 0.05) is 105 Å². The number of pyridine rings is 1. The van der Waals surface area contributed by atoms with Gasteiger partial charge in [-0.2, -0.15) is 0 Å². The number of aliphatic hydroxyl groups is 1. The molecule has 9 atom stereocenters. The van der Waals surface area contributed by atoms with Crippen molar-refractivity contribution in [3.8, 4) is 5.75 Å². The predicted molar refractivity (Wildman–Crippen MR) is 389 cm³/mol. The minimum absolute atomic E-state index is 0.0152. The summed E-state index contributed by atoms with van der Waals surface area (Å²) in [5.41, 5.74) is 14.4. The number of nitrogens with two attached hydrogens (primary N) is 2. The van der Waals surface area contributed by atoms with Crippen LogP contribution in [-0.4, -0.2) is 187 Å². The van der Waals surface area contributed by atoms with Gasteiger partial charge in [-0.3, -0.25) is 57.7 Å². The van der Waals surface area contributed by atoms with Crippen LogP contribution in [0.3, 0.4) is 0 Å². The van der Waals surface area contributed by atoms with E-state index in [-0.39, 0.29) is 82.3 Å². The molecule has 4 heterocycles. The van der Waals surface area contributed by atoms with Crippen molar-refractivity contribution in [2.24, 2.45) is 11.5 Å². The molecule has 0 radical (unpaired) electrons. The minimum Gasteiger partial charge on any atom is -0.508 e. The Balaban J connectivity index is 0.960. The van der Waals surface area contributed by atoms with Gasteiger partial charge in [-0.25, -0.2) is 9.78 Å². The third-order valence-corrected chi connectivity index (χ3v) is 18.0. The van der Waals surface area contributed by atoms with E-state index in [2.05, 4.69) is 73.1 Å². The molecule has 3 aromatic heterocycles. The molecule has 13 amide bonds. The number of amides is 13. The number of phenolic OH excluding ortho intramolecular Hbond substituents is 1. The zero-order chi connectivity index (χ0) is 75.8. The van der Waals surface area contributed by atoms with Crippen molar-refractivity contribution in [1.82, 2.24) is 78.0 Å². The first kappa shape index (κ1) is 77.9. The van der Waals surface area contributed by atoms with Gasteiger partial charge in [0.05, 0.1) is 19.5 Å². The normalized spacial score (nSPS) is 14.8. The highest BCUT2D eigenvalue weighted by molar-refractivity contribution is 6.30. The first-order chi connectivity index (χ1) is 51.0. The number of nitrogens with one attached hydrogen (secondary N) is 12. The number of para-hydroxylation sites is 1. The van der Waals surface area contributed by atoms with Gasteiger partial charge in [-0.1, -0.05) is 103 Å². The number of halogens is 1. The number of phenols is 1. The van der Waals surface area contributed by atoms with Crippen LogP contribution in [0, 0.1) is 0 Å². The Kier molecular flexibility index (Phi) is 27.8. The van der Waals surface area contributed by atoms with E-state index in [1.54, 1.807) is 66.9 Å². The van der Waals surface area contributed by atoms with Crippen molar-refractivity contribution in [1.29, 1.82) is 0 Å². The van der Waals surface area contributed by atoms with E-state index in [1.807, 2.05) is 42.5 Å². The monoisotopic (exact) mass is 1470 g/mol. The molecular formula is C74H84ClN17O14. The third kappa shape index (κ3) is 22.6. The highest BCUT2D eigenvalue weighted by atomic mass is 35.5. The fourth-order valence-electron chi connectivity index (χ4n) is 12.4. The van der Waals surface area contributed by atoms with E-state index in [1.165, 1.54) is 61.0 Å². The van der Waals surface area contributed by atoms with Crippen LogP contribution in [0.2, 0.25) is 5.02 Å². The van der Waals surface area contributed by atoms with Crippen LogP contribution in [-0.2, 0) is 91.3 Å². The molecule has 9 rings (SSSR count). The van der Waals surface area contributed by atoms with Gasteiger partial charge in [-0.15, -0.1) is 0 Å².